The lowest BCUT2D eigenvalue weighted by Crippen LogP contribution is -2.39. The molecule has 216 valence electrons. The first-order chi connectivity index (χ1) is 20.4. The molecule has 2 N–H and O–H groups in total. The first-order valence-corrected chi connectivity index (χ1v) is 14.3. The highest BCUT2D eigenvalue weighted by molar-refractivity contribution is 6.08. The van der Waals surface area contributed by atoms with E-state index in [1.807, 2.05) is 29.2 Å². The van der Waals surface area contributed by atoms with Crippen molar-refractivity contribution in [2.45, 2.75) is 31.2 Å². The monoisotopic (exact) mass is 572 g/mol. The number of aliphatic hydroxyl groups excluding tert-OH is 1. The first-order valence-electron chi connectivity index (χ1n) is 14.3. The van der Waals surface area contributed by atoms with Crippen molar-refractivity contribution in [2.75, 3.05) is 36.5 Å². The van der Waals surface area contributed by atoms with E-state index in [1.54, 1.807) is 17.2 Å². The Hall–Kier alpha value is -4.38. The number of anilines is 2. The lowest BCUT2D eigenvalue weighted by atomic mass is 9.89. The lowest BCUT2D eigenvalue weighted by molar-refractivity contribution is -0.135. The number of piperidine rings is 2. The van der Waals surface area contributed by atoms with Crippen molar-refractivity contribution in [3.8, 4) is 0 Å². The molecule has 4 aromatic rings. The molecular formula is C31H30F2N6O3. The molecule has 1 aliphatic carbocycles. The van der Waals surface area contributed by atoms with E-state index in [0.717, 1.165) is 30.9 Å². The van der Waals surface area contributed by atoms with Crippen molar-refractivity contribution >= 4 is 29.0 Å². The average molecular weight is 573 g/mol. The molecule has 0 radical (unpaired) electrons. The summed E-state index contributed by atoms with van der Waals surface area (Å²) in [4.78, 5) is 33.5. The van der Waals surface area contributed by atoms with Gasteiger partial charge in [-0.1, -0.05) is 12.1 Å². The number of carbonyl (C=O) groups is 2. The Kier molecular flexibility index (Phi) is 6.61. The highest BCUT2D eigenvalue weighted by Gasteiger charge is 2.54. The molecule has 0 bridgehead atoms. The Balaban J connectivity index is 1.08. The zero-order chi connectivity index (χ0) is 29.0. The summed E-state index contributed by atoms with van der Waals surface area (Å²) in [6, 6.07) is 12.7. The molecule has 3 atom stereocenters. The highest BCUT2D eigenvalue weighted by Crippen LogP contribution is 2.57. The molecule has 42 heavy (non-hydrogen) atoms. The van der Waals surface area contributed by atoms with Crippen LogP contribution in [-0.4, -0.2) is 62.7 Å². The smallest absolute Gasteiger partial charge is 0.261 e. The van der Waals surface area contributed by atoms with E-state index in [1.165, 1.54) is 22.8 Å². The van der Waals surface area contributed by atoms with Gasteiger partial charge in [-0.15, -0.1) is 0 Å². The van der Waals surface area contributed by atoms with Crippen molar-refractivity contribution in [2.24, 2.45) is 11.8 Å². The van der Waals surface area contributed by atoms with Crippen molar-refractivity contribution in [1.82, 2.24) is 19.5 Å². The minimum atomic E-state index is -0.471. The molecule has 3 aliphatic rings. The molecule has 3 fully saturated rings. The number of nitrogens with one attached hydrogen (secondary N) is 1. The lowest BCUT2D eigenvalue weighted by Gasteiger charge is -2.32. The standard InChI is InChI=1S/C31H30F2N6O3/c32-21-3-6-26(33)24(14-21)29-23-13-20(23)16-38(29)27-9-12-39-30(36-27)25(15-34-39)31(42)35-22-4-1-18(2-5-22)19-7-10-37(11-8-19)28(41)17-40/h1-6,9,12,14-15,19-20,23,29,40H,7-8,10-11,13,16-17H2,(H,35,42)/t20?,23?,29-/m1/s1. The van der Waals surface area contributed by atoms with Gasteiger partial charge in [-0.05, 0) is 79.0 Å². The number of amides is 2. The summed E-state index contributed by atoms with van der Waals surface area (Å²) in [7, 11) is 0. The second-order valence-electron chi connectivity index (χ2n) is 11.4. The van der Waals surface area contributed by atoms with E-state index < -0.39 is 18.2 Å². The van der Waals surface area contributed by atoms with Gasteiger partial charge in [0, 0.05) is 37.1 Å². The molecule has 2 amide bonds. The number of nitrogens with zero attached hydrogens (tertiary/aromatic N) is 5. The minimum Gasteiger partial charge on any atom is -0.387 e. The van der Waals surface area contributed by atoms with Gasteiger partial charge in [0.05, 0.1) is 12.2 Å². The first kappa shape index (κ1) is 26.5. The van der Waals surface area contributed by atoms with Gasteiger partial charge in [-0.25, -0.2) is 18.3 Å². The maximum Gasteiger partial charge on any atom is 0.261 e. The Bertz CT molecular complexity index is 1670. The Labute approximate surface area is 240 Å². The van der Waals surface area contributed by atoms with Crippen LogP contribution in [0.3, 0.4) is 0 Å². The van der Waals surface area contributed by atoms with Gasteiger partial charge >= 0.3 is 0 Å². The minimum absolute atomic E-state index is 0.238. The van der Waals surface area contributed by atoms with Gasteiger partial charge in [0.1, 0.15) is 29.6 Å². The molecule has 2 aromatic heterocycles. The normalized spacial score (nSPS) is 21.9. The van der Waals surface area contributed by atoms with Crippen LogP contribution >= 0.6 is 0 Å². The third kappa shape index (κ3) is 4.77. The molecule has 9 nitrogen and oxygen atoms in total. The van der Waals surface area contributed by atoms with Crippen LogP contribution in [0.15, 0.2) is 60.9 Å². The topological polar surface area (TPSA) is 103 Å². The van der Waals surface area contributed by atoms with Crippen molar-refractivity contribution in [1.29, 1.82) is 0 Å². The van der Waals surface area contributed by atoms with Crippen LogP contribution in [0.25, 0.3) is 5.65 Å². The fourth-order valence-electron chi connectivity index (χ4n) is 6.62. The van der Waals surface area contributed by atoms with E-state index in [2.05, 4.69) is 10.4 Å². The van der Waals surface area contributed by atoms with Gasteiger partial charge < -0.3 is 20.2 Å². The number of aromatic nitrogens is 3. The van der Waals surface area contributed by atoms with E-state index in [4.69, 9.17) is 10.1 Å². The van der Waals surface area contributed by atoms with Gasteiger partial charge in [-0.3, -0.25) is 9.59 Å². The number of fused-ring (bicyclic) bond motifs is 2. The van der Waals surface area contributed by atoms with Crippen molar-refractivity contribution in [3.63, 3.8) is 0 Å². The number of benzene rings is 2. The number of likely N-dealkylation sites (tertiary alicyclic amines) is 1. The highest BCUT2D eigenvalue weighted by atomic mass is 19.1. The molecule has 2 aliphatic heterocycles. The fourth-order valence-corrected chi connectivity index (χ4v) is 6.62. The van der Waals surface area contributed by atoms with Gasteiger partial charge in [0.2, 0.25) is 5.91 Å². The molecular weight excluding hydrogens is 542 g/mol. The molecule has 2 unspecified atom stereocenters. The molecule has 0 spiro atoms. The molecule has 2 saturated heterocycles. The quantitative estimate of drug-likeness (QED) is 0.360. The summed E-state index contributed by atoms with van der Waals surface area (Å²) >= 11 is 0. The maximum absolute atomic E-state index is 14.8. The van der Waals surface area contributed by atoms with Crippen molar-refractivity contribution < 1.29 is 23.5 Å². The maximum atomic E-state index is 14.8. The van der Waals surface area contributed by atoms with E-state index in [0.29, 0.717) is 59.7 Å². The summed E-state index contributed by atoms with van der Waals surface area (Å²) in [5.41, 5.74) is 2.79. The molecule has 1 saturated carbocycles. The summed E-state index contributed by atoms with van der Waals surface area (Å²) < 4.78 is 30.4. The molecule has 11 heteroatoms. The van der Waals surface area contributed by atoms with Crippen LogP contribution in [0.1, 0.15) is 52.7 Å². The Morgan fingerprint density at radius 2 is 1.83 bits per heavy atom. The van der Waals surface area contributed by atoms with Crippen LogP contribution in [0.4, 0.5) is 20.3 Å². The van der Waals surface area contributed by atoms with Crippen LogP contribution in [-0.2, 0) is 4.79 Å². The molecule has 4 heterocycles. The number of carbonyl (C=O) groups excluding carboxylic acids is 2. The van der Waals surface area contributed by atoms with Gasteiger partial charge in [-0.2, -0.15) is 5.10 Å². The van der Waals surface area contributed by atoms with Crippen LogP contribution in [0, 0.1) is 23.5 Å². The number of halogens is 2. The zero-order valence-corrected chi connectivity index (χ0v) is 22.8. The number of aliphatic hydroxyl groups is 1. The fraction of sp³-hybridized carbons (Fsp3) is 0.355. The van der Waals surface area contributed by atoms with Crippen LogP contribution in [0.2, 0.25) is 0 Å². The summed E-state index contributed by atoms with van der Waals surface area (Å²) in [5, 5.41) is 16.3. The SMILES string of the molecule is O=C(Nc1ccc(C2CCN(C(=O)CO)CC2)cc1)c1cnn2ccc(N3CC4CC4[C@@H]3c3cc(F)ccc3F)nc12. The molecule has 2 aromatic carbocycles. The Morgan fingerprint density at radius 1 is 1.05 bits per heavy atom. The third-order valence-electron chi connectivity index (χ3n) is 8.94. The number of rotatable bonds is 6. The van der Waals surface area contributed by atoms with Crippen LogP contribution in [0.5, 0.6) is 0 Å². The zero-order valence-electron chi connectivity index (χ0n) is 22.8. The average Bonchev–Trinajstić information content (AvgIpc) is 3.47. The predicted octanol–water partition coefficient (Wildman–Crippen LogP) is 4.16. The van der Waals surface area contributed by atoms with Crippen molar-refractivity contribution in [3.05, 3.63) is 89.2 Å². The van der Waals surface area contributed by atoms with Gasteiger partial charge in [0.15, 0.2) is 5.65 Å². The summed E-state index contributed by atoms with van der Waals surface area (Å²) in [6.07, 6.45) is 5.81. The Morgan fingerprint density at radius 3 is 2.60 bits per heavy atom. The van der Waals surface area contributed by atoms with Crippen LogP contribution < -0.4 is 10.2 Å². The summed E-state index contributed by atoms with van der Waals surface area (Å²) in [6.45, 7) is 1.45. The number of hydrogen-bond acceptors (Lipinski definition) is 6. The second kappa shape index (κ2) is 10.5. The van der Waals surface area contributed by atoms with E-state index in [9.17, 15) is 18.4 Å². The third-order valence-corrected chi connectivity index (χ3v) is 8.94. The predicted molar refractivity (Wildman–Crippen MR) is 151 cm³/mol. The van der Waals surface area contributed by atoms with Gasteiger partial charge in [0.25, 0.3) is 5.91 Å². The van der Waals surface area contributed by atoms with E-state index >= 15 is 0 Å². The largest absolute Gasteiger partial charge is 0.387 e. The van der Waals surface area contributed by atoms with E-state index in [-0.39, 0.29) is 23.8 Å². The summed E-state index contributed by atoms with van der Waals surface area (Å²) in [5.74, 6) is 0.0511. The second-order valence-corrected chi connectivity index (χ2v) is 11.4. The number of hydrogen-bond donors (Lipinski definition) is 2. The molecule has 7 rings (SSSR count).